The third kappa shape index (κ3) is 6.00. The lowest BCUT2D eigenvalue weighted by Crippen LogP contribution is -2.29. The number of carbonyl (C=O) groups is 1. The van der Waals surface area contributed by atoms with E-state index in [4.69, 9.17) is 5.73 Å². The highest BCUT2D eigenvalue weighted by atomic mass is 32.2. The second-order valence-corrected chi connectivity index (χ2v) is 4.66. The van der Waals surface area contributed by atoms with Crippen LogP contribution in [-0.4, -0.2) is 31.5 Å². The minimum Gasteiger partial charge on any atom is -0.442 e. The molecule has 0 aromatic rings. The van der Waals surface area contributed by atoms with Crippen molar-refractivity contribution >= 4 is 22.6 Å². The number of ether oxygens (including phenoxy) is 1. The molecule has 0 aliphatic carbocycles. The van der Waals surface area contributed by atoms with Gasteiger partial charge in [0.2, 0.25) is 0 Å². The second-order valence-electron chi connectivity index (χ2n) is 3.64. The van der Waals surface area contributed by atoms with Crippen LogP contribution in [0.4, 0.5) is 9.18 Å². The third-order valence-corrected chi connectivity index (χ3v) is 1.68. The average Bonchev–Trinajstić information content (AvgIpc) is 1.98. The maximum Gasteiger partial charge on any atom is 0.435 e. The second kappa shape index (κ2) is 5.06. The van der Waals surface area contributed by atoms with Crippen molar-refractivity contribution < 1.29 is 22.3 Å². The Morgan fingerprint density at radius 2 is 1.93 bits per heavy atom. The molecular weight excluding hydrogens is 227 g/mol. The summed E-state index contributed by atoms with van der Waals surface area (Å²) >= 11 is 0. The molecule has 0 aliphatic heterocycles. The topological polar surface area (TPSA) is 98.8 Å². The minimum atomic E-state index is -3.40. The van der Waals surface area contributed by atoms with Crippen molar-refractivity contribution in [3.63, 3.8) is 0 Å². The number of amidine groups is 1. The van der Waals surface area contributed by atoms with Gasteiger partial charge in [0.05, 0.1) is 0 Å². The zero-order chi connectivity index (χ0) is 12.2. The Morgan fingerprint density at radius 1 is 1.47 bits per heavy atom. The van der Waals surface area contributed by atoms with Crippen LogP contribution in [0.2, 0.25) is 0 Å². The van der Waals surface area contributed by atoms with Gasteiger partial charge in [0.25, 0.3) is 5.50 Å². The number of aliphatic imine (C=N–C) groups is 1. The predicted molar refractivity (Wildman–Crippen MR) is 53.1 cm³/mol. The lowest BCUT2D eigenvalue weighted by Gasteiger charge is -2.17. The Bertz CT molecular complexity index is 337. The lowest BCUT2D eigenvalue weighted by molar-refractivity contribution is 0.0603. The molecule has 1 amide bonds. The number of rotatable bonds is 2. The molecule has 0 aromatic heterocycles. The van der Waals surface area contributed by atoms with Gasteiger partial charge in [0.1, 0.15) is 5.60 Å². The highest BCUT2D eigenvalue weighted by Crippen LogP contribution is 2.08. The number of halogens is 1. The molecular formula is C7H13FN2O4S. The van der Waals surface area contributed by atoms with Gasteiger partial charge >= 0.3 is 6.09 Å². The molecule has 0 aromatic carbocycles. The molecule has 0 saturated carbocycles. The molecule has 0 saturated heterocycles. The van der Waals surface area contributed by atoms with Gasteiger partial charge in [-0.2, -0.15) is 4.99 Å². The first kappa shape index (κ1) is 13.8. The van der Waals surface area contributed by atoms with Gasteiger partial charge in [-0.15, -0.1) is 0 Å². The van der Waals surface area contributed by atoms with E-state index in [9.17, 15) is 17.6 Å². The molecule has 0 bridgehead atoms. The summed E-state index contributed by atoms with van der Waals surface area (Å²) in [6.07, 6.45) is -1.13. The molecule has 0 heterocycles. The summed E-state index contributed by atoms with van der Waals surface area (Å²) in [5.41, 5.74) is 1.66. The van der Waals surface area contributed by atoms with Gasteiger partial charge in [-0.25, -0.2) is 17.6 Å². The molecule has 0 aliphatic rings. The molecule has 2 N–H and O–H groups in total. The molecule has 6 nitrogen and oxygen atoms in total. The van der Waals surface area contributed by atoms with Crippen molar-refractivity contribution in [2.75, 3.05) is 0 Å². The molecule has 0 fully saturated rings. The fraction of sp³-hybridized carbons (Fsp3) is 0.714. The van der Waals surface area contributed by atoms with Crippen molar-refractivity contribution in [3.05, 3.63) is 0 Å². The lowest BCUT2D eigenvalue weighted by atomic mass is 10.2. The van der Waals surface area contributed by atoms with Crippen LogP contribution in [-0.2, 0) is 15.4 Å². The number of carbonyl (C=O) groups excluding carboxylic acids is 1. The first-order valence-corrected chi connectivity index (χ1v) is 5.23. The van der Waals surface area contributed by atoms with Crippen LogP contribution >= 0.6 is 0 Å². The highest BCUT2D eigenvalue weighted by molar-refractivity contribution is 7.73. The Morgan fingerprint density at radius 3 is 2.27 bits per heavy atom. The zero-order valence-corrected chi connectivity index (χ0v) is 9.45. The van der Waals surface area contributed by atoms with Crippen molar-refractivity contribution in [3.8, 4) is 0 Å². The fourth-order valence-corrected chi connectivity index (χ4v) is 0.825. The van der Waals surface area contributed by atoms with E-state index in [2.05, 4.69) is 9.73 Å². The number of nitrogens with zero attached hydrogens (tertiary/aromatic N) is 1. The summed E-state index contributed by atoms with van der Waals surface area (Å²) < 4.78 is 37.6. The predicted octanol–water partition coefficient (Wildman–Crippen LogP) is 0.186. The monoisotopic (exact) mass is 240 g/mol. The van der Waals surface area contributed by atoms with Crippen LogP contribution < -0.4 is 5.73 Å². The summed E-state index contributed by atoms with van der Waals surface area (Å²) in [4.78, 5) is 13.9. The summed E-state index contributed by atoms with van der Waals surface area (Å²) in [7, 11) is -3.40. The Hall–Kier alpha value is -1.18. The molecule has 0 rings (SSSR count). The molecule has 8 heteroatoms. The zero-order valence-electron chi connectivity index (χ0n) is 8.56. The van der Waals surface area contributed by atoms with Crippen LogP contribution in [0.15, 0.2) is 4.99 Å². The van der Waals surface area contributed by atoms with Gasteiger partial charge in [-0.3, -0.25) is 0 Å². The van der Waals surface area contributed by atoms with Crippen LogP contribution in [0.3, 0.4) is 0 Å². The maximum atomic E-state index is 12.7. The maximum absolute atomic E-state index is 12.7. The molecule has 0 radical (unpaired) electrons. The normalized spacial score (nSPS) is 15.1. The Labute approximate surface area is 88.3 Å². The van der Waals surface area contributed by atoms with Gasteiger partial charge in [-0.1, -0.05) is 0 Å². The number of alkyl halides is 1. The van der Waals surface area contributed by atoms with Crippen LogP contribution in [0.25, 0.3) is 0 Å². The summed E-state index contributed by atoms with van der Waals surface area (Å²) in [6, 6.07) is 0. The molecule has 0 spiro atoms. The van der Waals surface area contributed by atoms with E-state index < -0.39 is 33.7 Å². The molecule has 15 heavy (non-hydrogen) atoms. The summed E-state index contributed by atoms with van der Waals surface area (Å²) in [6.45, 7) is 4.74. The highest BCUT2D eigenvalue weighted by Gasteiger charge is 2.19. The molecule has 0 unspecified atom stereocenters. The largest absolute Gasteiger partial charge is 0.442 e. The van der Waals surface area contributed by atoms with Crippen molar-refractivity contribution in [1.29, 1.82) is 0 Å². The summed E-state index contributed by atoms with van der Waals surface area (Å²) in [5.74, 6) is -0.930. The van der Waals surface area contributed by atoms with Crippen molar-refractivity contribution in [2.45, 2.75) is 31.9 Å². The van der Waals surface area contributed by atoms with Gasteiger partial charge in [0, 0.05) is 0 Å². The SMILES string of the molecule is CC(C)(C)OC(=O)/N=C(\N)[C@@H](F)[SH](=O)=O. The number of hydrogen-bond donors (Lipinski definition) is 2. The molecule has 88 valence electrons. The smallest absolute Gasteiger partial charge is 0.435 e. The van der Waals surface area contributed by atoms with Gasteiger partial charge < -0.3 is 10.5 Å². The van der Waals surface area contributed by atoms with E-state index in [1.165, 1.54) is 0 Å². The van der Waals surface area contributed by atoms with E-state index in [-0.39, 0.29) is 0 Å². The number of nitrogens with two attached hydrogens (primary N) is 1. The first-order valence-electron chi connectivity index (χ1n) is 3.98. The standard InChI is InChI=1S/C7H13FN2O4S/c1-7(2,3)14-6(11)10-5(9)4(8)15(12)13/h4,15H,1-3H3,(H2,9,10,11)/t4-/m0/s1. The van der Waals surface area contributed by atoms with Crippen LogP contribution in [0.1, 0.15) is 20.8 Å². The summed E-state index contributed by atoms with van der Waals surface area (Å²) in [5, 5.41) is 0. The average molecular weight is 240 g/mol. The van der Waals surface area contributed by atoms with Crippen molar-refractivity contribution in [2.24, 2.45) is 10.7 Å². The van der Waals surface area contributed by atoms with Crippen molar-refractivity contribution in [1.82, 2.24) is 0 Å². The Kier molecular flexibility index (Phi) is 4.66. The number of hydrogen-bond acceptors (Lipinski definition) is 4. The van der Waals surface area contributed by atoms with E-state index >= 15 is 0 Å². The van der Waals surface area contributed by atoms with Gasteiger partial charge in [0.15, 0.2) is 16.5 Å². The Balaban J connectivity index is 4.56. The van der Waals surface area contributed by atoms with E-state index in [0.717, 1.165) is 0 Å². The van der Waals surface area contributed by atoms with Crippen LogP contribution in [0, 0.1) is 0 Å². The number of amides is 1. The third-order valence-electron chi connectivity index (χ3n) is 1.04. The minimum absolute atomic E-state index is 0.799. The van der Waals surface area contributed by atoms with E-state index in [0.29, 0.717) is 0 Å². The molecule has 1 atom stereocenters. The van der Waals surface area contributed by atoms with E-state index in [1.54, 1.807) is 20.8 Å². The quantitative estimate of drug-likeness (QED) is 0.407. The number of thiol groups is 1. The van der Waals surface area contributed by atoms with E-state index in [1.807, 2.05) is 0 Å². The van der Waals surface area contributed by atoms with Crippen LogP contribution in [0.5, 0.6) is 0 Å². The fourth-order valence-electron chi connectivity index (χ4n) is 0.551. The first-order chi connectivity index (χ1) is 6.63. The van der Waals surface area contributed by atoms with Gasteiger partial charge in [-0.05, 0) is 20.8 Å².